The van der Waals surface area contributed by atoms with Crippen LogP contribution < -0.4 is 0 Å². The molecule has 0 fully saturated rings. The van der Waals surface area contributed by atoms with Crippen LogP contribution in [0.25, 0.3) is 0 Å². The predicted molar refractivity (Wildman–Crippen MR) is 109 cm³/mol. The van der Waals surface area contributed by atoms with Crippen molar-refractivity contribution in [3.8, 4) is 0 Å². The molecule has 3 heteroatoms. The van der Waals surface area contributed by atoms with Gasteiger partial charge >= 0.3 is 0 Å². The van der Waals surface area contributed by atoms with Gasteiger partial charge in [0, 0.05) is 13.1 Å². The van der Waals surface area contributed by atoms with Crippen molar-refractivity contribution in [1.82, 2.24) is 4.90 Å². The van der Waals surface area contributed by atoms with E-state index >= 15 is 0 Å². The van der Waals surface area contributed by atoms with Crippen LogP contribution >= 0.6 is 0 Å². The van der Waals surface area contributed by atoms with Crippen molar-refractivity contribution in [1.29, 1.82) is 0 Å². The third kappa shape index (κ3) is 6.33. The average Bonchev–Trinajstić information content (AvgIpc) is 2.73. The Balaban J connectivity index is 1.66. The van der Waals surface area contributed by atoms with E-state index in [1.807, 2.05) is 30.3 Å². The maximum atomic E-state index is 10.0. The molecule has 27 heavy (non-hydrogen) atoms. The molecule has 1 atom stereocenters. The summed E-state index contributed by atoms with van der Waals surface area (Å²) in [7, 11) is 0. The number of aliphatic hydroxyl groups excluding tert-OH is 1. The minimum absolute atomic E-state index is 0.0610. The van der Waals surface area contributed by atoms with E-state index in [4.69, 9.17) is 4.74 Å². The average molecular weight is 361 g/mol. The van der Waals surface area contributed by atoms with Gasteiger partial charge in [0.15, 0.2) is 0 Å². The molecule has 0 spiro atoms. The number of aliphatic hydroxyl groups is 1. The summed E-state index contributed by atoms with van der Waals surface area (Å²) in [6, 6.07) is 30.8. The molecule has 0 heterocycles. The quantitative estimate of drug-likeness (QED) is 0.585. The van der Waals surface area contributed by atoms with E-state index in [2.05, 4.69) is 65.6 Å². The molecular weight excluding hydrogens is 334 g/mol. The third-order valence-corrected chi connectivity index (χ3v) is 4.61. The molecule has 0 aliphatic heterocycles. The number of benzene rings is 3. The summed E-state index contributed by atoms with van der Waals surface area (Å²) in [6.07, 6.45) is 0. The Hall–Kier alpha value is -2.46. The lowest BCUT2D eigenvalue weighted by Crippen LogP contribution is -2.40. The normalized spacial score (nSPS) is 12.2. The topological polar surface area (TPSA) is 32.7 Å². The van der Waals surface area contributed by atoms with Crippen LogP contribution in [0, 0.1) is 0 Å². The van der Waals surface area contributed by atoms with E-state index in [9.17, 15) is 5.11 Å². The Morgan fingerprint density at radius 3 is 1.56 bits per heavy atom. The smallest absolute Gasteiger partial charge is 0.0717 e. The molecule has 1 N–H and O–H groups in total. The molecule has 3 aromatic carbocycles. The van der Waals surface area contributed by atoms with Crippen molar-refractivity contribution < 1.29 is 9.84 Å². The number of hydrogen-bond donors (Lipinski definition) is 1. The number of rotatable bonds is 10. The van der Waals surface area contributed by atoms with Crippen LogP contribution in [-0.2, 0) is 24.4 Å². The van der Waals surface area contributed by atoms with Gasteiger partial charge in [-0.3, -0.25) is 4.90 Å². The highest BCUT2D eigenvalue weighted by atomic mass is 16.5. The van der Waals surface area contributed by atoms with E-state index in [0.29, 0.717) is 13.2 Å². The van der Waals surface area contributed by atoms with Crippen molar-refractivity contribution in [2.45, 2.75) is 25.7 Å². The molecule has 0 saturated carbocycles. The van der Waals surface area contributed by atoms with Gasteiger partial charge in [0.2, 0.25) is 0 Å². The summed E-state index contributed by atoms with van der Waals surface area (Å²) < 4.78 is 5.93. The molecule has 0 aromatic heterocycles. The zero-order valence-corrected chi connectivity index (χ0v) is 15.6. The van der Waals surface area contributed by atoms with E-state index in [-0.39, 0.29) is 12.6 Å². The monoisotopic (exact) mass is 361 g/mol. The van der Waals surface area contributed by atoms with Crippen LogP contribution in [0.3, 0.4) is 0 Å². The first-order chi connectivity index (χ1) is 13.3. The van der Waals surface area contributed by atoms with Crippen LogP contribution in [0.1, 0.15) is 16.7 Å². The molecule has 3 rings (SSSR count). The van der Waals surface area contributed by atoms with E-state index in [0.717, 1.165) is 18.7 Å². The van der Waals surface area contributed by atoms with Crippen molar-refractivity contribution in [3.05, 3.63) is 108 Å². The largest absolute Gasteiger partial charge is 0.395 e. The van der Waals surface area contributed by atoms with E-state index in [1.165, 1.54) is 11.1 Å². The Morgan fingerprint density at radius 2 is 1.11 bits per heavy atom. The van der Waals surface area contributed by atoms with E-state index < -0.39 is 0 Å². The second-order valence-corrected chi connectivity index (χ2v) is 6.71. The van der Waals surface area contributed by atoms with Crippen molar-refractivity contribution in [2.24, 2.45) is 0 Å². The summed E-state index contributed by atoms with van der Waals surface area (Å²) in [5.41, 5.74) is 3.61. The van der Waals surface area contributed by atoms with Gasteiger partial charge in [-0.25, -0.2) is 0 Å². The van der Waals surface area contributed by atoms with Crippen LogP contribution in [0.15, 0.2) is 91.0 Å². The fourth-order valence-electron chi connectivity index (χ4n) is 3.11. The SMILES string of the molecule is OCC(COCc1ccccc1)N(Cc1ccccc1)Cc1ccccc1. The Morgan fingerprint density at radius 1 is 0.667 bits per heavy atom. The molecule has 0 bridgehead atoms. The van der Waals surface area contributed by atoms with Crippen molar-refractivity contribution >= 4 is 0 Å². The number of ether oxygens (including phenoxy) is 1. The Bertz CT molecular complexity index is 721. The second-order valence-electron chi connectivity index (χ2n) is 6.71. The van der Waals surface area contributed by atoms with Crippen molar-refractivity contribution in [3.63, 3.8) is 0 Å². The van der Waals surface area contributed by atoms with Crippen LogP contribution in [-0.4, -0.2) is 29.3 Å². The lowest BCUT2D eigenvalue weighted by atomic mass is 10.1. The summed E-state index contributed by atoms with van der Waals surface area (Å²) in [4.78, 5) is 2.29. The summed E-state index contributed by atoms with van der Waals surface area (Å²) in [5.74, 6) is 0. The van der Waals surface area contributed by atoms with Gasteiger partial charge in [-0.1, -0.05) is 91.0 Å². The highest BCUT2D eigenvalue weighted by Crippen LogP contribution is 2.14. The zero-order valence-electron chi connectivity index (χ0n) is 15.6. The van der Waals surface area contributed by atoms with Crippen LogP contribution in [0.2, 0.25) is 0 Å². The zero-order chi connectivity index (χ0) is 18.7. The molecule has 0 aliphatic carbocycles. The van der Waals surface area contributed by atoms with Gasteiger partial charge in [0.05, 0.1) is 25.9 Å². The first-order valence-electron chi connectivity index (χ1n) is 9.39. The lowest BCUT2D eigenvalue weighted by Gasteiger charge is -2.30. The van der Waals surface area contributed by atoms with Crippen molar-refractivity contribution in [2.75, 3.05) is 13.2 Å². The molecule has 140 valence electrons. The van der Waals surface area contributed by atoms with Crippen LogP contribution in [0.4, 0.5) is 0 Å². The Kier molecular flexibility index (Phi) is 7.60. The number of hydrogen-bond acceptors (Lipinski definition) is 3. The molecular formula is C24H27NO2. The predicted octanol–water partition coefficient (Wildman–Crippen LogP) is 4.27. The van der Waals surface area contributed by atoms with Gasteiger partial charge in [-0.05, 0) is 16.7 Å². The number of nitrogens with zero attached hydrogens (tertiary/aromatic N) is 1. The fraction of sp³-hybridized carbons (Fsp3) is 0.250. The molecule has 0 saturated heterocycles. The van der Waals surface area contributed by atoms with E-state index in [1.54, 1.807) is 0 Å². The molecule has 0 amide bonds. The second kappa shape index (κ2) is 10.6. The molecule has 0 aliphatic rings. The summed E-state index contributed by atoms with van der Waals surface area (Å²) in [6.45, 7) is 2.66. The third-order valence-electron chi connectivity index (χ3n) is 4.61. The van der Waals surface area contributed by atoms with Gasteiger partial charge in [0.1, 0.15) is 0 Å². The maximum Gasteiger partial charge on any atom is 0.0717 e. The molecule has 0 radical (unpaired) electrons. The first-order valence-corrected chi connectivity index (χ1v) is 9.39. The summed E-state index contributed by atoms with van der Waals surface area (Å²) in [5, 5.41) is 10.0. The summed E-state index contributed by atoms with van der Waals surface area (Å²) >= 11 is 0. The standard InChI is InChI=1S/C24H27NO2/c26-18-24(20-27-19-23-14-8-3-9-15-23)25(16-21-10-4-1-5-11-21)17-22-12-6-2-7-13-22/h1-15,24,26H,16-20H2. The molecule has 3 nitrogen and oxygen atoms in total. The highest BCUT2D eigenvalue weighted by Gasteiger charge is 2.19. The Labute approximate surface area is 161 Å². The van der Waals surface area contributed by atoms with Crippen LogP contribution in [0.5, 0.6) is 0 Å². The lowest BCUT2D eigenvalue weighted by molar-refractivity contribution is 0.0168. The highest BCUT2D eigenvalue weighted by molar-refractivity contribution is 5.17. The van der Waals surface area contributed by atoms with Gasteiger partial charge < -0.3 is 9.84 Å². The molecule has 3 aromatic rings. The minimum Gasteiger partial charge on any atom is -0.395 e. The first kappa shape index (κ1) is 19.3. The minimum atomic E-state index is -0.0610. The van der Waals surface area contributed by atoms with Gasteiger partial charge in [0.25, 0.3) is 0 Å². The maximum absolute atomic E-state index is 10.0. The fourth-order valence-corrected chi connectivity index (χ4v) is 3.11. The van der Waals surface area contributed by atoms with Gasteiger partial charge in [-0.15, -0.1) is 0 Å². The van der Waals surface area contributed by atoms with Gasteiger partial charge in [-0.2, -0.15) is 0 Å². The molecule has 1 unspecified atom stereocenters.